The number of benzene rings is 1. The number of rotatable bonds is 5. The van der Waals surface area contributed by atoms with Crippen molar-refractivity contribution in [3.05, 3.63) is 28.8 Å². The van der Waals surface area contributed by atoms with Gasteiger partial charge in [-0.1, -0.05) is 24.1 Å². The minimum absolute atomic E-state index is 0.605. The van der Waals surface area contributed by atoms with Crippen LogP contribution in [0.15, 0.2) is 18.2 Å². The predicted octanol–water partition coefficient (Wildman–Crippen LogP) is 3.66. The van der Waals surface area contributed by atoms with Gasteiger partial charge in [-0.2, -0.15) is 0 Å². The third kappa shape index (κ3) is 2.75. The van der Waals surface area contributed by atoms with E-state index in [1.165, 1.54) is 25.7 Å². The van der Waals surface area contributed by atoms with Crippen LogP contribution in [-0.2, 0) is 6.42 Å². The van der Waals surface area contributed by atoms with E-state index in [-0.39, 0.29) is 0 Å². The van der Waals surface area contributed by atoms with Gasteiger partial charge in [0.15, 0.2) is 0 Å². The van der Waals surface area contributed by atoms with Gasteiger partial charge in [-0.25, -0.2) is 0 Å². The van der Waals surface area contributed by atoms with Crippen molar-refractivity contribution in [2.75, 3.05) is 13.2 Å². The lowest BCUT2D eigenvalue weighted by molar-refractivity contribution is 0.194. The van der Waals surface area contributed by atoms with E-state index < -0.39 is 0 Å². The van der Waals surface area contributed by atoms with E-state index in [1.807, 2.05) is 18.2 Å². The van der Waals surface area contributed by atoms with Gasteiger partial charge in [0.1, 0.15) is 5.75 Å². The fourth-order valence-electron chi connectivity index (χ4n) is 3.84. The Hall–Kier alpha value is -0.730. The molecule has 2 saturated carbocycles. The summed E-state index contributed by atoms with van der Waals surface area (Å²) in [6.45, 7) is 1.45. The van der Waals surface area contributed by atoms with Gasteiger partial charge in [-0.3, -0.25) is 0 Å². The summed E-state index contributed by atoms with van der Waals surface area (Å²) in [5, 5.41) is 0.774. The van der Waals surface area contributed by atoms with Crippen LogP contribution in [0.4, 0.5) is 0 Å². The molecule has 0 aromatic heterocycles. The lowest BCUT2D eigenvalue weighted by atomic mass is 9.89. The molecule has 3 rings (SSSR count). The molecule has 2 bridgehead atoms. The normalized spacial score (nSPS) is 28.8. The highest BCUT2D eigenvalue weighted by atomic mass is 35.5. The van der Waals surface area contributed by atoms with Crippen molar-refractivity contribution in [3.63, 3.8) is 0 Å². The Kier molecular flexibility index (Phi) is 3.99. The minimum atomic E-state index is 0.605. The Balaban J connectivity index is 1.65. The zero-order valence-electron chi connectivity index (χ0n) is 11.3. The first-order valence-electron chi connectivity index (χ1n) is 7.38. The fourth-order valence-corrected chi connectivity index (χ4v) is 4.10. The molecule has 2 N–H and O–H groups in total. The first-order chi connectivity index (χ1) is 9.28. The second-order valence-electron chi connectivity index (χ2n) is 6.00. The highest BCUT2D eigenvalue weighted by Crippen LogP contribution is 2.48. The van der Waals surface area contributed by atoms with E-state index >= 15 is 0 Å². The molecule has 0 radical (unpaired) electrons. The SMILES string of the molecule is NCCc1c(Cl)cccc1OCC1CC2CCC1C2. The van der Waals surface area contributed by atoms with Gasteiger partial charge in [0, 0.05) is 10.6 Å². The highest BCUT2D eigenvalue weighted by molar-refractivity contribution is 6.31. The van der Waals surface area contributed by atoms with Crippen LogP contribution in [0, 0.1) is 17.8 Å². The van der Waals surface area contributed by atoms with E-state index in [1.54, 1.807) is 0 Å². The summed E-state index contributed by atoms with van der Waals surface area (Å²) in [4.78, 5) is 0. The molecule has 19 heavy (non-hydrogen) atoms. The van der Waals surface area contributed by atoms with Gasteiger partial charge in [-0.05, 0) is 62.1 Å². The van der Waals surface area contributed by atoms with Crippen LogP contribution in [-0.4, -0.2) is 13.2 Å². The van der Waals surface area contributed by atoms with E-state index in [0.717, 1.165) is 47.1 Å². The predicted molar refractivity (Wildman–Crippen MR) is 78.6 cm³/mol. The molecule has 0 saturated heterocycles. The molecule has 3 heteroatoms. The van der Waals surface area contributed by atoms with E-state index in [4.69, 9.17) is 22.1 Å². The average Bonchev–Trinajstić information content (AvgIpc) is 3.02. The number of fused-ring (bicyclic) bond motifs is 2. The Bertz CT molecular complexity index is 448. The monoisotopic (exact) mass is 279 g/mol. The lowest BCUT2D eigenvalue weighted by Gasteiger charge is -2.22. The summed E-state index contributed by atoms with van der Waals surface area (Å²) in [7, 11) is 0. The molecule has 3 atom stereocenters. The largest absolute Gasteiger partial charge is 0.493 e. The first-order valence-corrected chi connectivity index (χ1v) is 7.76. The summed E-state index contributed by atoms with van der Waals surface area (Å²) in [5.74, 6) is 3.56. The molecule has 0 heterocycles. The first kappa shape index (κ1) is 13.3. The Labute approximate surface area is 120 Å². The molecule has 1 aromatic rings. The molecule has 0 spiro atoms. The number of ether oxygens (including phenoxy) is 1. The topological polar surface area (TPSA) is 35.2 Å². The van der Waals surface area contributed by atoms with Crippen molar-refractivity contribution < 1.29 is 4.74 Å². The van der Waals surface area contributed by atoms with Crippen LogP contribution in [0.1, 0.15) is 31.2 Å². The van der Waals surface area contributed by atoms with Gasteiger partial charge < -0.3 is 10.5 Å². The van der Waals surface area contributed by atoms with Crippen molar-refractivity contribution in [2.24, 2.45) is 23.5 Å². The Morgan fingerprint density at radius 1 is 1.26 bits per heavy atom. The maximum Gasteiger partial charge on any atom is 0.124 e. The Morgan fingerprint density at radius 2 is 2.16 bits per heavy atom. The molecular weight excluding hydrogens is 258 g/mol. The number of halogens is 1. The van der Waals surface area contributed by atoms with Gasteiger partial charge in [0.05, 0.1) is 6.61 Å². The van der Waals surface area contributed by atoms with E-state index in [2.05, 4.69) is 0 Å². The van der Waals surface area contributed by atoms with Crippen molar-refractivity contribution in [1.82, 2.24) is 0 Å². The molecule has 3 unspecified atom stereocenters. The molecule has 0 aliphatic heterocycles. The summed E-state index contributed by atoms with van der Waals surface area (Å²) < 4.78 is 6.07. The smallest absolute Gasteiger partial charge is 0.124 e. The van der Waals surface area contributed by atoms with E-state index in [0.29, 0.717) is 6.54 Å². The standard InChI is InChI=1S/C16H22ClNO/c17-15-2-1-3-16(14(15)6-7-18)19-10-13-9-11-4-5-12(13)8-11/h1-3,11-13H,4-10,18H2. The average molecular weight is 280 g/mol. The molecule has 2 nitrogen and oxygen atoms in total. The molecule has 1 aromatic carbocycles. The third-order valence-electron chi connectivity index (χ3n) is 4.81. The second-order valence-corrected chi connectivity index (χ2v) is 6.41. The molecule has 2 aliphatic rings. The molecular formula is C16H22ClNO. The fraction of sp³-hybridized carbons (Fsp3) is 0.625. The second kappa shape index (κ2) is 5.72. The number of hydrogen-bond donors (Lipinski definition) is 1. The van der Waals surface area contributed by atoms with Crippen LogP contribution < -0.4 is 10.5 Å². The Morgan fingerprint density at radius 3 is 2.84 bits per heavy atom. The van der Waals surface area contributed by atoms with Crippen LogP contribution in [0.2, 0.25) is 5.02 Å². The van der Waals surface area contributed by atoms with Crippen molar-refractivity contribution in [1.29, 1.82) is 0 Å². The van der Waals surface area contributed by atoms with Crippen molar-refractivity contribution in [2.45, 2.75) is 32.1 Å². The maximum atomic E-state index is 6.23. The van der Waals surface area contributed by atoms with Crippen molar-refractivity contribution in [3.8, 4) is 5.75 Å². The van der Waals surface area contributed by atoms with Crippen LogP contribution in [0.5, 0.6) is 5.75 Å². The van der Waals surface area contributed by atoms with E-state index in [9.17, 15) is 0 Å². The quantitative estimate of drug-likeness (QED) is 0.893. The van der Waals surface area contributed by atoms with Gasteiger partial charge in [0.25, 0.3) is 0 Å². The molecule has 2 fully saturated rings. The zero-order valence-corrected chi connectivity index (χ0v) is 12.0. The van der Waals surface area contributed by atoms with Crippen LogP contribution in [0.25, 0.3) is 0 Å². The van der Waals surface area contributed by atoms with Crippen LogP contribution in [0.3, 0.4) is 0 Å². The summed E-state index contributed by atoms with van der Waals surface area (Å²) in [6, 6.07) is 5.89. The molecule has 104 valence electrons. The van der Waals surface area contributed by atoms with Gasteiger partial charge in [0.2, 0.25) is 0 Å². The summed E-state index contributed by atoms with van der Waals surface area (Å²) in [5.41, 5.74) is 6.72. The third-order valence-corrected chi connectivity index (χ3v) is 5.16. The van der Waals surface area contributed by atoms with Gasteiger partial charge >= 0.3 is 0 Å². The summed E-state index contributed by atoms with van der Waals surface area (Å²) in [6.07, 6.45) is 6.42. The minimum Gasteiger partial charge on any atom is -0.493 e. The molecule has 2 aliphatic carbocycles. The lowest BCUT2D eigenvalue weighted by Crippen LogP contribution is -2.19. The van der Waals surface area contributed by atoms with Crippen LogP contribution >= 0.6 is 11.6 Å². The number of nitrogens with two attached hydrogens (primary N) is 1. The summed E-state index contributed by atoms with van der Waals surface area (Å²) >= 11 is 6.23. The highest BCUT2D eigenvalue weighted by Gasteiger charge is 2.39. The number of hydrogen-bond acceptors (Lipinski definition) is 2. The van der Waals surface area contributed by atoms with Gasteiger partial charge in [-0.15, -0.1) is 0 Å². The van der Waals surface area contributed by atoms with Crippen molar-refractivity contribution >= 4 is 11.6 Å². The maximum absolute atomic E-state index is 6.23. The molecule has 0 amide bonds. The zero-order chi connectivity index (χ0) is 13.2.